The Morgan fingerprint density at radius 2 is 2.44 bits per heavy atom. The van der Waals surface area contributed by atoms with E-state index in [-0.39, 0.29) is 29.9 Å². The number of amides is 1. The number of nitrogens with one attached hydrogen (secondary N) is 2. The van der Waals surface area contributed by atoms with Crippen LogP contribution in [0.4, 0.5) is 0 Å². The molecule has 1 saturated heterocycles. The van der Waals surface area contributed by atoms with E-state index in [2.05, 4.69) is 15.3 Å². The molecule has 2 rings (SSSR count). The van der Waals surface area contributed by atoms with E-state index < -0.39 is 9.84 Å². The number of aromatic nitrogens is 2. The summed E-state index contributed by atoms with van der Waals surface area (Å²) in [5, 5.41) is 2.71. The zero-order valence-electron chi connectivity index (χ0n) is 8.64. The first-order valence-corrected chi connectivity index (χ1v) is 6.84. The van der Waals surface area contributed by atoms with Gasteiger partial charge in [0.25, 0.3) is 0 Å². The van der Waals surface area contributed by atoms with Crippen LogP contribution in [-0.2, 0) is 21.1 Å². The Balaban J connectivity index is 1.85. The fraction of sp³-hybridized carbons (Fsp3) is 0.556. The Morgan fingerprint density at radius 3 is 3.00 bits per heavy atom. The Morgan fingerprint density at radius 1 is 1.62 bits per heavy atom. The van der Waals surface area contributed by atoms with Crippen LogP contribution in [0.1, 0.15) is 12.1 Å². The third-order valence-corrected chi connectivity index (χ3v) is 4.27. The first-order valence-electron chi connectivity index (χ1n) is 5.02. The maximum Gasteiger partial charge on any atom is 0.226 e. The maximum absolute atomic E-state index is 11.5. The second-order valence-corrected chi connectivity index (χ2v) is 6.15. The van der Waals surface area contributed by atoms with Crippen LogP contribution in [0.25, 0.3) is 0 Å². The van der Waals surface area contributed by atoms with E-state index in [1.807, 2.05) is 0 Å². The third-order valence-electron chi connectivity index (χ3n) is 2.50. The summed E-state index contributed by atoms with van der Waals surface area (Å²) >= 11 is 0. The van der Waals surface area contributed by atoms with Gasteiger partial charge in [-0.25, -0.2) is 13.4 Å². The van der Waals surface area contributed by atoms with E-state index in [0.717, 1.165) is 5.69 Å². The summed E-state index contributed by atoms with van der Waals surface area (Å²) in [5.41, 5.74) is 0.721. The number of aromatic amines is 1. The molecule has 2 N–H and O–H groups in total. The Kier molecular flexibility index (Phi) is 2.95. The fourth-order valence-corrected chi connectivity index (χ4v) is 3.42. The topological polar surface area (TPSA) is 91.9 Å². The third kappa shape index (κ3) is 2.82. The van der Waals surface area contributed by atoms with E-state index in [0.29, 0.717) is 6.42 Å². The number of nitrogens with zero attached hydrogens (tertiary/aromatic N) is 1. The highest BCUT2D eigenvalue weighted by Gasteiger charge is 2.28. The molecule has 0 saturated carbocycles. The minimum Gasteiger partial charge on any atom is -0.352 e. The van der Waals surface area contributed by atoms with E-state index in [4.69, 9.17) is 0 Å². The molecule has 1 aliphatic heterocycles. The van der Waals surface area contributed by atoms with Crippen molar-refractivity contribution in [2.75, 3.05) is 11.5 Å². The van der Waals surface area contributed by atoms with Crippen LogP contribution in [0.3, 0.4) is 0 Å². The molecule has 0 aromatic carbocycles. The molecule has 1 unspecified atom stereocenters. The first-order chi connectivity index (χ1) is 7.55. The predicted molar refractivity (Wildman–Crippen MR) is 57.5 cm³/mol. The van der Waals surface area contributed by atoms with Gasteiger partial charge in [0.1, 0.15) is 0 Å². The normalized spacial score (nSPS) is 23.1. The molecule has 1 amide bonds. The summed E-state index contributed by atoms with van der Waals surface area (Å²) in [6.45, 7) is 0. The molecule has 16 heavy (non-hydrogen) atoms. The SMILES string of the molecule is O=C(Cc1cnc[nH]1)NC1CCS(=O)(=O)C1. The molecular weight excluding hydrogens is 230 g/mol. The number of hydrogen-bond donors (Lipinski definition) is 2. The number of imidazole rings is 1. The van der Waals surface area contributed by atoms with Gasteiger partial charge < -0.3 is 10.3 Å². The van der Waals surface area contributed by atoms with E-state index >= 15 is 0 Å². The minimum atomic E-state index is -2.94. The molecule has 1 fully saturated rings. The van der Waals surface area contributed by atoms with Crippen molar-refractivity contribution in [1.29, 1.82) is 0 Å². The number of sulfone groups is 1. The van der Waals surface area contributed by atoms with Gasteiger partial charge in [-0.3, -0.25) is 4.79 Å². The number of carbonyl (C=O) groups excluding carboxylic acids is 1. The lowest BCUT2D eigenvalue weighted by Crippen LogP contribution is -2.36. The highest BCUT2D eigenvalue weighted by atomic mass is 32.2. The molecule has 0 spiro atoms. The summed E-state index contributed by atoms with van der Waals surface area (Å²) in [5.74, 6) is 0.0512. The average molecular weight is 243 g/mol. The highest BCUT2D eigenvalue weighted by molar-refractivity contribution is 7.91. The standard InChI is InChI=1S/C9H13N3O3S/c13-9(3-8-4-10-6-11-8)12-7-1-2-16(14,15)5-7/h4,6-7H,1-3,5H2,(H,10,11)(H,12,13). The van der Waals surface area contributed by atoms with Gasteiger partial charge in [-0.1, -0.05) is 0 Å². The van der Waals surface area contributed by atoms with Crippen LogP contribution < -0.4 is 5.32 Å². The lowest BCUT2D eigenvalue weighted by Gasteiger charge is -2.09. The molecule has 1 aliphatic rings. The van der Waals surface area contributed by atoms with Crippen molar-refractivity contribution in [2.24, 2.45) is 0 Å². The van der Waals surface area contributed by atoms with Crippen LogP contribution in [0.5, 0.6) is 0 Å². The van der Waals surface area contributed by atoms with Crippen LogP contribution in [0.2, 0.25) is 0 Å². The molecule has 0 aliphatic carbocycles. The molecule has 0 bridgehead atoms. The van der Waals surface area contributed by atoms with Crippen molar-refractivity contribution in [3.05, 3.63) is 18.2 Å². The van der Waals surface area contributed by atoms with Gasteiger partial charge in [0.15, 0.2) is 9.84 Å². The number of hydrogen-bond acceptors (Lipinski definition) is 4. The van der Waals surface area contributed by atoms with Gasteiger partial charge in [-0.2, -0.15) is 0 Å². The van der Waals surface area contributed by atoms with Gasteiger partial charge in [0, 0.05) is 17.9 Å². The van der Waals surface area contributed by atoms with Gasteiger partial charge in [-0.05, 0) is 6.42 Å². The molecule has 1 aromatic rings. The number of carbonyl (C=O) groups is 1. The van der Waals surface area contributed by atoms with Crippen molar-refractivity contribution in [1.82, 2.24) is 15.3 Å². The van der Waals surface area contributed by atoms with E-state index in [1.54, 1.807) is 6.20 Å². The average Bonchev–Trinajstić information content (AvgIpc) is 2.76. The highest BCUT2D eigenvalue weighted by Crippen LogP contribution is 2.11. The second kappa shape index (κ2) is 4.25. The van der Waals surface area contributed by atoms with Crippen LogP contribution in [0, 0.1) is 0 Å². The van der Waals surface area contributed by atoms with E-state index in [1.165, 1.54) is 6.33 Å². The fourth-order valence-electron chi connectivity index (χ4n) is 1.74. The summed E-state index contributed by atoms with van der Waals surface area (Å²) in [4.78, 5) is 18.1. The smallest absolute Gasteiger partial charge is 0.226 e. The quantitative estimate of drug-likeness (QED) is 0.731. The van der Waals surface area contributed by atoms with Crippen molar-refractivity contribution >= 4 is 15.7 Å². The first kappa shape index (κ1) is 11.1. The molecule has 1 atom stereocenters. The van der Waals surface area contributed by atoms with Gasteiger partial charge >= 0.3 is 0 Å². The second-order valence-electron chi connectivity index (χ2n) is 3.92. The molecule has 6 nitrogen and oxygen atoms in total. The van der Waals surface area contributed by atoms with Gasteiger partial charge in [0.05, 0.1) is 24.3 Å². The summed E-state index contributed by atoms with van der Waals surface area (Å²) in [6.07, 6.45) is 3.79. The van der Waals surface area contributed by atoms with Gasteiger partial charge in [-0.15, -0.1) is 0 Å². The Hall–Kier alpha value is -1.37. The number of rotatable bonds is 3. The molecule has 2 heterocycles. The van der Waals surface area contributed by atoms with Crippen molar-refractivity contribution in [2.45, 2.75) is 18.9 Å². The van der Waals surface area contributed by atoms with Crippen LogP contribution >= 0.6 is 0 Å². The summed E-state index contributed by atoms with van der Waals surface area (Å²) in [7, 11) is -2.94. The summed E-state index contributed by atoms with van der Waals surface area (Å²) in [6, 6.07) is -0.236. The molecule has 1 aromatic heterocycles. The molecule has 0 radical (unpaired) electrons. The van der Waals surface area contributed by atoms with Crippen LogP contribution in [0.15, 0.2) is 12.5 Å². The lowest BCUT2D eigenvalue weighted by molar-refractivity contribution is -0.121. The predicted octanol–water partition coefficient (Wildman–Crippen LogP) is -0.744. The number of H-pyrrole nitrogens is 1. The Labute approximate surface area is 93.4 Å². The minimum absolute atomic E-state index is 0.0573. The van der Waals surface area contributed by atoms with Crippen LogP contribution in [-0.4, -0.2) is 41.8 Å². The molecule has 7 heteroatoms. The molecule has 88 valence electrons. The zero-order chi connectivity index (χ0) is 11.6. The Bertz CT molecular complexity index is 466. The lowest BCUT2D eigenvalue weighted by atomic mass is 10.2. The monoisotopic (exact) mass is 243 g/mol. The van der Waals surface area contributed by atoms with Gasteiger partial charge in [0.2, 0.25) is 5.91 Å². The van der Waals surface area contributed by atoms with Crippen molar-refractivity contribution in [3.8, 4) is 0 Å². The van der Waals surface area contributed by atoms with Crippen molar-refractivity contribution < 1.29 is 13.2 Å². The molecular formula is C9H13N3O3S. The largest absolute Gasteiger partial charge is 0.352 e. The van der Waals surface area contributed by atoms with E-state index in [9.17, 15) is 13.2 Å². The zero-order valence-corrected chi connectivity index (χ0v) is 9.46. The maximum atomic E-state index is 11.5. The van der Waals surface area contributed by atoms with Crippen molar-refractivity contribution in [3.63, 3.8) is 0 Å². The summed E-state index contributed by atoms with van der Waals surface area (Å²) < 4.78 is 22.3.